The maximum atomic E-state index is 13.5. The third-order valence-electron chi connectivity index (χ3n) is 7.81. The second kappa shape index (κ2) is 8.96. The van der Waals surface area contributed by atoms with E-state index in [2.05, 4.69) is 28.2 Å². The van der Waals surface area contributed by atoms with Crippen LogP contribution in [0.5, 0.6) is 5.75 Å². The van der Waals surface area contributed by atoms with Crippen LogP contribution < -0.4 is 20.3 Å². The summed E-state index contributed by atoms with van der Waals surface area (Å²) in [5, 5.41) is 8.40. The lowest BCUT2D eigenvalue weighted by molar-refractivity contribution is 0.0716. The fourth-order valence-corrected chi connectivity index (χ4v) is 6.29. The summed E-state index contributed by atoms with van der Waals surface area (Å²) in [7, 11) is 1.67. The van der Waals surface area contributed by atoms with Gasteiger partial charge in [-0.1, -0.05) is 43.5 Å². The first-order valence-electron chi connectivity index (χ1n) is 12.7. The Balaban J connectivity index is 1.28. The Morgan fingerprint density at radius 3 is 2.64 bits per heavy atom. The highest BCUT2D eigenvalue weighted by Crippen LogP contribution is 2.49. The van der Waals surface area contributed by atoms with Gasteiger partial charge in [-0.05, 0) is 37.1 Å². The molecule has 2 aliphatic heterocycles. The van der Waals surface area contributed by atoms with Crippen molar-refractivity contribution in [3.8, 4) is 5.75 Å². The van der Waals surface area contributed by atoms with Crippen LogP contribution in [0.2, 0.25) is 5.02 Å². The van der Waals surface area contributed by atoms with Crippen LogP contribution in [0.3, 0.4) is 0 Å². The molecule has 0 unspecified atom stereocenters. The molecule has 1 amide bonds. The Morgan fingerprint density at radius 2 is 1.89 bits per heavy atom. The first-order chi connectivity index (χ1) is 17.5. The molecule has 36 heavy (non-hydrogen) atoms. The van der Waals surface area contributed by atoms with Crippen molar-refractivity contribution in [1.82, 2.24) is 10.2 Å². The molecule has 1 aromatic heterocycles. The molecule has 2 N–H and O–H groups in total. The number of piperazine rings is 1. The van der Waals surface area contributed by atoms with Crippen molar-refractivity contribution in [1.29, 1.82) is 0 Å². The number of amides is 1. The first kappa shape index (κ1) is 23.1. The van der Waals surface area contributed by atoms with Gasteiger partial charge in [-0.2, -0.15) is 0 Å². The average molecular weight is 507 g/mol. The van der Waals surface area contributed by atoms with Crippen molar-refractivity contribution in [2.24, 2.45) is 0 Å². The summed E-state index contributed by atoms with van der Waals surface area (Å²) in [5.74, 6) is 1.86. The van der Waals surface area contributed by atoms with Crippen molar-refractivity contribution < 1.29 is 13.9 Å². The van der Waals surface area contributed by atoms with Gasteiger partial charge in [-0.15, -0.1) is 0 Å². The minimum Gasteiger partial charge on any atom is -0.497 e. The summed E-state index contributed by atoms with van der Waals surface area (Å²) < 4.78 is 11.7. The van der Waals surface area contributed by atoms with Gasteiger partial charge in [0.15, 0.2) is 5.76 Å². The Labute approximate surface area is 216 Å². The molecule has 1 aliphatic carbocycles. The Kier molecular flexibility index (Phi) is 5.75. The zero-order valence-corrected chi connectivity index (χ0v) is 21.3. The molecule has 2 aromatic carbocycles. The van der Waals surface area contributed by atoms with Gasteiger partial charge in [0, 0.05) is 48.9 Å². The van der Waals surface area contributed by atoms with Gasteiger partial charge in [-0.3, -0.25) is 4.79 Å². The van der Waals surface area contributed by atoms with Crippen molar-refractivity contribution in [3.05, 3.63) is 65.1 Å². The molecule has 3 aromatic rings. The van der Waals surface area contributed by atoms with Crippen LogP contribution in [0.25, 0.3) is 11.0 Å². The van der Waals surface area contributed by atoms with Gasteiger partial charge >= 0.3 is 0 Å². The lowest BCUT2D eigenvalue weighted by atomic mass is 9.74. The molecule has 2 fully saturated rings. The molecule has 0 atom stereocenters. The maximum absolute atomic E-state index is 13.5. The number of nitrogens with one attached hydrogen (secondary N) is 2. The molecule has 188 valence electrons. The topological polar surface area (TPSA) is 70.0 Å². The van der Waals surface area contributed by atoms with Gasteiger partial charge in [-0.25, -0.2) is 0 Å². The first-order valence-corrected chi connectivity index (χ1v) is 13.0. The van der Waals surface area contributed by atoms with E-state index in [0.717, 1.165) is 78.3 Å². The summed E-state index contributed by atoms with van der Waals surface area (Å²) >= 11 is 6.74. The molecule has 0 bridgehead atoms. The highest BCUT2D eigenvalue weighted by atomic mass is 35.5. The summed E-state index contributed by atoms with van der Waals surface area (Å²) in [6.07, 6.45) is 5.42. The van der Waals surface area contributed by atoms with E-state index in [9.17, 15) is 4.79 Å². The lowest BCUT2D eigenvalue weighted by Crippen LogP contribution is -2.48. The predicted octanol–water partition coefficient (Wildman–Crippen LogP) is 5.70. The maximum Gasteiger partial charge on any atom is 0.289 e. The zero-order valence-electron chi connectivity index (χ0n) is 20.5. The molecule has 1 saturated heterocycles. The number of furan rings is 1. The summed E-state index contributed by atoms with van der Waals surface area (Å²) in [4.78, 5) is 17.6. The fourth-order valence-electron chi connectivity index (χ4n) is 6.03. The van der Waals surface area contributed by atoms with Crippen LogP contribution in [0.1, 0.15) is 48.2 Å². The van der Waals surface area contributed by atoms with E-state index in [1.54, 1.807) is 7.11 Å². The molecular formula is C28H31ClN4O3. The van der Waals surface area contributed by atoms with Crippen molar-refractivity contribution in [2.75, 3.05) is 43.5 Å². The smallest absolute Gasteiger partial charge is 0.289 e. The highest BCUT2D eigenvalue weighted by Gasteiger charge is 2.42. The molecule has 6 rings (SSSR count). The van der Waals surface area contributed by atoms with Crippen LogP contribution >= 0.6 is 11.6 Å². The molecule has 7 nitrogen and oxygen atoms in total. The third-order valence-corrected chi connectivity index (χ3v) is 8.10. The summed E-state index contributed by atoms with van der Waals surface area (Å²) in [6.45, 7) is 6.88. The number of rotatable bonds is 3. The fraction of sp³-hybridized carbons (Fsp3) is 0.393. The van der Waals surface area contributed by atoms with Gasteiger partial charge in [0.1, 0.15) is 11.3 Å². The number of halogens is 1. The van der Waals surface area contributed by atoms with Crippen molar-refractivity contribution in [3.63, 3.8) is 0 Å². The van der Waals surface area contributed by atoms with Crippen LogP contribution in [-0.4, -0.2) is 44.1 Å². The van der Waals surface area contributed by atoms with E-state index < -0.39 is 0 Å². The number of carbonyl (C=O) groups excluding carboxylic acids is 1. The number of anilines is 2. The number of hydrogen-bond donors (Lipinski definition) is 2. The quantitative estimate of drug-likeness (QED) is 0.474. The van der Waals surface area contributed by atoms with E-state index in [-0.39, 0.29) is 11.4 Å². The van der Waals surface area contributed by atoms with E-state index in [1.807, 2.05) is 35.2 Å². The number of methoxy groups -OCH3 is 1. The molecule has 3 heterocycles. The van der Waals surface area contributed by atoms with E-state index in [0.29, 0.717) is 23.9 Å². The normalized spacial score (nSPS) is 19.1. The third kappa shape index (κ3) is 3.86. The second-order valence-electron chi connectivity index (χ2n) is 9.99. The minimum atomic E-state index is -0.278. The average Bonchev–Trinajstić information content (AvgIpc) is 3.32. The number of hydrogen-bond acceptors (Lipinski definition) is 6. The van der Waals surface area contributed by atoms with E-state index >= 15 is 0 Å². The highest BCUT2D eigenvalue weighted by molar-refractivity contribution is 6.34. The van der Waals surface area contributed by atoms with Crippen LogP contribution in [-0.2, 0) is 5.54 Å². The van der Waals surface area contributed by atoms with Crippen LogP contribution in [0.15, 0.2) is 53.2 Å². The molecule has 1 spiro atoms. The second-order valence-corrected chi connectivity index (χ2v) is 10.4. The monoisotopic (exact) mass is 506 g/mol. The number of ether oxygens (including phenoxy) is 1. The Hall–Kier alpha value is -3.32. The zero-order chi connectivity index (χ0) is 24.9. The van der Waals surface area contributed by atoms with E-state index in [1.165, 1.54) is 6.42 Å². The Morgan fingerprint density at radius 1 is 1.11 bits per heavy atom. The minimum absolute atomic E-state index is 0.0832. The standard InChI is InChI=1S/C28H31ClN4O3/c1-18-30-25-22(29)15-19-16-23(36-26(19)24(25)28(31-18)9-4-3-5-10-28)27(34)33-13-11-32(12-14-33)20-7-6-8-21(17-20)35-2/h6-8,15-17,30-31H,1,3-5,9-14H2,2H3. The van der Waals surface area contributed by atoms with Gasteiger partial charge in [0.25, 0.3) is 5.91 Å². The number of fused-ring (bicyclic) bond motifs is 4. The van der Waals surface area contributed by atoms with Crippen LogP contribution in [0.4, 0.5) is 11.4 Å². The molecular weight excluding hydrogens is 476 g/mol. The molecule has 8 heteroatoms. The SMILES string of the molecule is C=C1Nc2c(Cl)cc3cc(C(=O)N4CCN(c5cccc(OC)c5)CC4)oc3c2C2(CCCCC2)N1. The predicted molar refractivity (Wildman–Crippen MR) is 143 cm³/mol. The van der Waals surface area contributed by atoms with Gasteiger partial charge in [0.05, 0.1) is 29.2 Å². The van der Waals surface area contributed by atoms with E-state index in [4.69, 9.17) is 20.8 Å². The summed E-state index contributed by atoms with van der Waals surface area (Å²) in [5.41, 5.74) is 3.43. The Bertz CT molecular complexity index is 1340. The largest absolute Gasteiger partial charge is 0.497 e. The molecule has 0 radical (unpaired) electrons. The number of nitrogens with zero attached hydrogens (tertiary/aromatic N) is 2. The number of carbonyl (C=O) groups is 1. The lowest BCUT2D eigenvalue weighted by Gasteiger charge is -2.44. The van der Waals surface area contributed by atoms with Gasteiger partial charge < -0.3 is 29.6 Å². The molecule has 3 aliphatic rings. The molecule has 1 saturated carbocycles. The van der Waals surface area contributed by atoms with Gasteiger partial charge in [0.2, 0.25) is 0 Å². The van der Waals surface area contributed by atoms with Crippen molar-refractivity contribution in [2.45, 2.75) is 37.6 Å². The van der Waals surface area contributed by atoms with Crippen molar-refractivity contribution >= 4 is 39.9 Å². The van der Waals surface area contributed by atoms with Crippen LogP contribution in [0, 0.1) is 0 Å². The number of benzene rings is 2. The summed E-state index contributed by atoms with van der Waals surface area (Å²) in [6, 6.07) is 11.8.